The van der Waals surface area contributed by atoms with Crippen molar-refractivity contribution in [3.63, 3.8) is 0 Å². The van der Waals surface area contributed by atoms with Crippen LogP contribution in [0, 0.1) is 0 Å². The van der Waals surface area contributed by atoms with Crippen molar-refractivity contribution in [3.8, 4) is 11.4 Å². The molecule has 11 rings (SSSR count). The quantitative estimate of drug-likeness (QED) is 0.154. The van der Waals surface area contributed by atoms with Crippen LogP contribution in [0.5, 0.6) is 0 Å². The van der Waals surface area contributed by atoms with E-state index in [4.69, 9.17) is 0 Å². The van der Waals surface area contributed by atoms with E-state index >= 15 is 0 Å². The number of nitrogens with zero attached hydrogens (tertiary/aromatic N) is 4. The lowest BCUT2D eigenvalue weighted by molar-refractivity contribution is 1.17. The Morgan fingerprint density at radius 1 is 0.224 bits per heavy atom. The van der Waals surface area contributed by atoms with Crippen LogP contribution in [0.3, 0.4) is 0 Å². The molecule has 0 atom stereocenters. The maximum atomic E-state index is 2.44. The Kier molecular flexibility index (Phi) is 8.11. The third-order valence-corrected chi connectivity index (χ3v) is 11.2. The minimum atomic E-state index is 1.10. The third-order valence-electron chi connectivity index (χ3n) is 11.2. The van der Waals surface area contributed by atoms with Gasteiger partial charge in [-0.25, -0.2) is 0 Å². The van der Waals surface area contributed by atoms with Gasteiger partial charge in [0, 0.05) is 67.0 Å². The molecule has 0 spiro atoms. The molecule has 4 nitrogen and oxygen atoms in total. The maximum absolute atomic E-state index is 2.44. The average molecular weight is 743 g/mol. The van der Waals surface area contributed by atoms with Gasteiger partial charge >= 0.3 is 0 Å². The Balaban J connectivity index is 1.19. The minimum Gasteiger partial charge on any atom is -0.310 e. The lowest BCUT2D eigenvalue weighted by Gasteiger charge is -2.25. The molecule has 0 unspecified atom stereocenters. The number of fused-ring (bicyclic) bond motifs is 6. The number of para-hydroxylation sites is 6. The van der Waals surface area contributed by atoms with Crippen molar-refractivity contribution in [2.75, 3.05) is 9.80 Å². The van der Waals surface area contributed by atoms with Gasteiger partial charge in [-0.1, -0.05) is 121 Å². The van der Waals surface area contributed by atoms with Gasteiger partial charge < -0.3 is 18.9 Å². The zero-order chi connectivity index (χ0) is 38.4. The van der Waals surface area contributed by atoms with E-state index in [1.165, 1.54) is 32.6 Å². The summed E-state index contributed by atoms with van der Waals surface area (Å²) in [6, 6.07) is 82.7. The third kappa shape index (κ3) is 5.62. The molecule has 58 heavy (non-hydrogen) atoms. The molecule has 0 aliphatic rings. The second kappa shape index (κ2) is 14.0. The molecule has 0 aliphatic heterocycles. The van der Waals surface area contributed by atoms with Crippen LogP contribution < -0.4 is 9.80 Å². The SMILES string of the molecule is c1ccc(N(c2ccccc2)c2ccc3c4cc5c(cc4n(-c4ccccc4)c3c2)c2ccc(N(c3ccccc3)c3ccccc3)cc2n5-c2ccccc2)cc1. The highest BCUT2D eigenvalue weighted by Gasteiger charge is 2.22. The summed E-state index contributed by atoms with van der Waals surface area (Å²) in [5.74, 6) is 0. The van der Waals surface area contributed by atoms with Crippen molar-refractivity contribution in [3.05, 3.63) is 231 Å². The van der Waals surface area contributed by atoms with Gasteiger partial charge in [0.25, 0.3) is 0 Å². The van der Waals surface area contributed by atoms with Crippen LogP contribution in [0.1, 0.15) is 0 Å². The first-order valence-electron chi connectivity index (χ1n) is 19.8. The minimum absolute atomic E-state index is 1.10. The van der Waals surface area contributed by atoms with Crippen LogP contribution in [-0.2, 0) is 0 Å². The fourth-order valence-corrected chi connectivity index (χ4v) is 8.69. The number of hydrogen-bond acceptors (Lipinski definition) is 2. The van der Waals surface area contributed by atoms with E-state index in [0.29, 0.717) is 0 Å². The number of aromatic nitrogens is 2. The first kappa shape index (κ1) is 33.5. The highest BCUT2D eigenvalue weighted by atomic mass is 15.2. The lowest BCUT2D eigenvalue weighted by atomic mass is 10.1. The normalized spacial score (nSPS) is 11.4. The molecule has 0 amide bonds. The zero-order valence-corrected chi connectivity index (χ0v) is 31.7. The molecule has 0 saturated heterocycles. The molecule has 0 saturated carbocycles. The van der Waals surface area contributed by atoms with E-state index in [-0.39, 0.29) is 0 Å². The van der Waals surface area contributed by atoms with Crippen LogP contribution in [0.15, 0.2) is 231 Å². The standard InChI is InChI=1S/C54H38N4/c1-7-19-39(20-8-1)55(40-21-9-2-10-22-40)45-31-33-47-49-37-54-50(38-53(49)57(51(47)35-45)43-27-15-5-16-28-43)48-34-32-46(36-52(48)58(54)44-29-17-6-18-30-44)56(41-23-11-3-12-24-41)42-25-13-4-14-26-42/h1-38H. The number of hydrogen-bond donors (Lipinski definition) is 0. The number of rotatable bonds is 8. The zero-order valence-electron chi connectivity index (χ0n) is 31.7. The predicted octanol–water partition coefficient (Wildman–Crippen LogP) is 14.8. The van der Waals surface area contributed by atoms with Gasteiger partial charge in [0.15, 0.2) is 0 Å². The van der Waals surface area contributed by atoms with Crippen molar-refractivity contribution >= 4 is 77.7 Å². The van der Waals surface area contributed by atoms with E-state index in [0.717, 1.165) is 56.5 Å². The van der Waals surface area contributed by atoms with Crippen molar-refractivity contribution in [1.29, 1.82) is 0 Å². The molecule has 0 bridgehead atoms. The van der Waals surface area contributed by atoms with Crippen molar-refractivity contribution in [2.45, 2.75) is 0 Å². The predicted molar refractivity (Wildman–Crippen MR) is 244 cm³/mol. The van der Waals surface area contributed by atoms with Gasteiger partial charge in [0.2, 0.25) is 0 Å². The van der Waals surface area contributed by atoms with Crippen molar-refractivity contribution in [1.82, 2.24) is 9.13 Å². The Bertz CT molecular complexity index is 2890. The molecule has 0 N–H and O–H groups in total. The summed E-state index contributed by atoms with van der Waals surface area (Å²) in [5.41, 5.74) is 13.6. The summed E-state index contributed by atoms with van der Waals surface area (Å²) in [4.78, 5) is 4.68. The first-order valence-corrected chi connectivity index (χ1v) is 19.8. The summed E-state index contributed by atoms with van der Waals surface area (Å²) in [7, 11) is 0. The summed E-state index contributed by atoms with van der Waals surface area (Å²) in [5, 5.41) is 4.82. The largest absolute Gasteiger partial charge is 0.310 e. The molecule has 0 radical (unpaired) electrons. The van der Waals surface area contributed by atoms with Crippen LogP contribution in [-0.4, -0.2) is 9.13 Å². The van der Waals surface area contributed by atoms with Gasteiger partial charge in [-0.15, -0.1) is 0 Å². The maximum Gasteiger partial charge on any atom is 0.0561 e. The lowest BCUT2D eigenvalue weighted by Crippen LogP contribution is -2.09. The fourth-order valence-electron chi connectivity index (χ4n) is 8.69. The van der Waals surface area contributed by atoms with E-state index < -0.39 is 0 Å². The van der Waals surface area contributed by atoms with Crippen LogP contribution in [0.25, 0.3) is 55.0 Å². The molecule has 2 heterocycles. The number of benzene rings is 9. The van der Waals surface area contributed by atoms with E-state index in [9.17, 15) is 0 Å². The molecular formula is C54H38N4. The monoisotopic (exact) mass is 742 g/mol. The molecule has 2 aromatic heterocycles. The van der Waals surface area contributed by atoms with Crippen molar-refractivity contribution < 1.29 is 0 Å². The molecule has 11 aromatic rings. The Morgan fingerprint density at radius 3 is 0.810 bits per heavy atom. The second-order valence-corrected chi connectivity index (χ2v) is 14.6. The van der Waals surface area contributed by atoms with Gasteiger partial charge in [0.05, 0.1) is 22.1 Å². The van der Waals surface area contributed by atoms with E-state index in [1.54, 1.807) is 0 Å². The van der Waals surface area contributed by atoms with Crippen LogP contribution >= 0.6 is 0 Å². The smallest absolute Gasteiger partial charge is 0.0561 e. The molecule has 0 aliphatic carbocycles. The van der Waals surface area contributed by atoms with E-state index in [1.807, 2.05) is 0 Å². The fraction of sp³-hybridized carbons (Fsp3) is 0. The van der Waals surface area contributed by atoms with Gasteiger partial charge in [-0.3, -0.25) is 0 Å². The first-order chi connectivity index (χ1) is 28.8. The highest BCUT2D eigenvalue weighted by Crippen LogP contribution is 2.44. The summed E-state index contributed by atoms with van der Waals surface area (Å²) >= 11 is 0. The van der Waals surface area contributed by atoms with E-state index in [2.05, 4.69) is 249 Å². The Labute approximate surface area is 337 Å². The molecule has 0 fully saturated rings. The Morgan fingerprint density at radius 2 is 0.500 bits per heavy atom. The molecule has 9 aromatic carbocycles. The number of anilines is 6. The molecular weight excluding hydrogens is 705 g/mol. The van der Waals surface area contributed by atoms with Gasteiger partial charge in [-0.2, -0.15) is 0 Å². The summed E-state index contributed by atoms with van der Waals surface area (Å²) in [6.45, 7) is 0. The Hall–Kier alpha value is -7.82. The van der Waals surface area contributed by atoms with Gasteiger partial charge in [-0.05, 0) is 109 Å². The van der Waals surface area contributed by atoms with Gasteiger partial charge in [0.1, 0.15) is 0 Å². The molecule has 4 heteroatoms. The van der Waals surface area contributed by atoms with Crippen LogP contribution in [0.2, 0.25) is 0 Å². The summed E-state index contributed by atoms with van der Waals surface area (Å²) < 4.78 is 4.88. The highest BCUT2D eigenvalue weighted by molar-refractivity contribution is 6.19. The van der Waals surface area contributed by atoms with Crippen molar-refractivity contribution in [2.24, 2.45) is 0 Å². The van der Waals surface area contributed by atoms with Crippen LogP contribution in [0.4, 0.5) is 34.1 Å². The summed E-state index contributed by atoms with van der Waals surface area (Å²) in [6.07, 6.45) is 0. The molecule has 274 valence electrons. The average Bonchev–Trinajstić information content (AvgIpc) is 3.79. The second-order valence-electron chi connectivity index (χ2n) is 14.6. The topological polar surface area (TPSA) is 16.3 Å².